The van der Waals surface area contributed by atoms with Crippen LogP contribution in [0.3, 0.4) is 0 Å². The molecule has 7 nitrogen and oxygen atoms in total. The Morgan fingerprint density at radius 3 is 2.42 bits per heavy atom. The summed E-state index contributed by atoms with van der Waals surface area (Å²) >= 11 is 0. The van der Waals surface area contributed by atoms with E-state index in [9.17, 15) is 9.59 Å². The molecule has 0 bridgehead atoms. The molecular formula is C19H36N4O3. The second kappa shape index (κ2) is 9.04. The van der Waals surface area contributed by atoms with E-state index in [0.29, 0.717) is 0 Å². The molecule has 2 aliphatic heterocycles. The molecule has 0 saturated carbocycles. The van der Waals surface area contributed by atoms with E-state index in [4.69, 9.17) is 4.74 Å². The van der Waals surface area contributed by atoms with Crippen LogP contribution in [0.1, 0.15) is 40.0 Å². The summed E-state index contributed by atoms with van der Waals surface area (Å²) in [5.41, 5.74) is 0.170. The molecule has 2 amide bonds. The van der Waals surface area contributed by atoms with Crippen LogP contribution >= 0.6 is 0 Å². The van der Waals surface area contributed by atoms with Crippen molar-refractivity contribution < 1.29 is 14.3 Å². The molecule has 7 heteroatoms. The zero-order valence-corrected chi connectivity index (χ0v) is 17.1. The van der Waals surface area contributed by atoms with Gasteiger partial charge in [-0.05, 0) is 31.7 Å². The molecule has 0 radical (unpaired) electrons. The Morgan fingerprint density at radius 2 is 1.88 bits per heavy atom. The van der Waals surface area contributed by atoms with Crippen LogP contribution in [0, 0.1) is 5.92 Å². The normalized spacial score (nSPS) is 21.7. The molecule has 1 N–H and O–H groups in total. The molecular weight excluding hydrogens is 332 g/mol. The molecule has 0 aromatic heterocycles. The van der Waals surface area contributed by atoms with Gasteiger partial charge in [-0.3, -0.25) is 4.90 Å². The molecule has 1 spiro atoms. The molecule has 0 unspecified atom stereocenters. The zero-order valence-electron chi connectivity index (χ0n) is 17.1. The van der Waals surface area contributed by atoms with Gasteiger partial charge in [0.1, 0.15) is 6.04 Å². The molecule has 1 atom stereocenters. The zero-order chi connectivity index (χ0) is 19.3. The molecule has 150 valence electrons. The first kappa shape index (κ1) is 21.0. The number of likely N-dealkylation sites (N-methyl/N-ethyl adjacent to an activating group) is 1. The van der Waals surface area contributed by atoms with E-state index in [1.54, 1.807) is 11.9 Å². The number of ether oxygens (including phenoxy) is 1. The number of rotatable bonds is 5. The number of esters is 1. The lowest BCUT2D eigenvalue weighted by Gasteiger charge is -2.52. The number of likely N-dealkylation sites (tertiary alicyclic amines) is 1. The topological polar surface area (TPSA) is 65.1 Å². The first-order valence-corrected chi connectivity index (χ1v) is 9.91. The van der Waals surface area contributed by atoms with Gasteiger partial charge in [-0.1, -0.05) is 20.8 Å². The van der Waals surface area contributed by atoms with Gasteiger partial charge in [-0.15, -0.1) is 0 Å². The summed E-state index contributed by atoms with van der Waals surface area (Å²) in [4.78, 5) is 31.1. The number of methoxy groups -OCH3 is 1. The second-order valence-corrected chi connectivity index (χ2v) is 7.98. The van der Waals surface area contributed by atoms with Crippen LogP contribution in [0.4, 0.5) is 4.79 Å². The number of hydrogen-bond donors (Lipinski definition) is 1. The highest BCUT2D eigenvalue weighted by Gasteiger charge is 2.43. The summed E-state index contributed by atoms with van der Waals surface area (Å²) in [6.45, 7) is 11.8. The highest BCUT2D eigenvalue weighted by molar-refractivity contribution is 5.83. The quantitative estimate of drug-likeness (QED) is 0.743. The molecule has 0 aliphatic carbocycles. The van der Waals surface area contributed by atoms with Crippen molar-refractivity contribution in [1.82, 2.24) is 20.0 Å². The van der Waals surface area contributed by atoms with Crippen LogP contribution < -0.4 is 5.32 Å². The molecule has 2 aliphatic rings. The highest BCUT2D eigenvalue weighted by atomic mass is 16.5. The average Bonchev–Trinajstić information content (AvgIpc) is 2.63. The van der Waals surface area contributed by atoms with Crippen molar-refractivity contribution in [2.45, 2.75) is 51.6 Å². The molecule has 2 heterocycles. The minimum Gasteiger partial charge on any atom is -0.467 e. The van der Waals surface area contributed by atoms with E-state index in [1.165, 1.54) is 7.11 Å². The summed E-state index contributed by atoms with van der Waals surface area (Å²) < 4.78 is 4.90. The maximum absolute atomic E-state index is 13.0. The first-order chi connectivity index (χ1) is 12.4. The Hall–Kier alpha value is -1.34. The minimum atomic E-state index is -0.545. The Bertz CT molecular complexity index is 487. The predicted octanol–water partition coefficient (Wildman–Crippen LogP) is 1.39. The average molecular weight is 369 g/mol. The van der Waals surface area contributed by atoms with Gasteiger partial charge in [0.05, 0.1) is 7.11 Å². The van der Waals surface area contributed by atoms with Gasteiger partial charge >= 0.3 is 12.0 Å². The van der Waals surface area contributed by atoms with E-state index in [2.05, 4.69) is 17.1 Å². The molecule has 0 aromatic carbocycles. The molecule has 26 heavy (non-hydrogen) atoms. The van der Waals surface area contributed by atoms with Crippen molar-refractivity contribution in [1.29, 1.82) is 0 Å². The monoisotopic (exact) mass is 368 g/mol. The Morgan fingerprint density at radius 1 is 1.23 bits per heavy atom. The third-order valence-corrected chi connectivity index (χ3v) is 5.93. The van der Waals surface area contributed by atoms with Gasteiger partial charge < -0.3 is 19.9 Å². The van der Waals surface area contributed by atoms with Gasteiger partial charge in [0, 0.05) is 45.3 Å². The van der Waals surface area contributed by atoms with Crippen LogP contribution in [0.5, 0.6) is 0 Å². The van der Waals surface area contributed by atoms with Crippen molar-refractivity contribution in [3.63, 3.8) is 0 Å². The van der Waals surface area contributed by atoms with Gasteiger partial charge in [0.25, 0.3) is 0 Å². The predicted molar refractivity (Wildman–Crippen MR) is 102 cm³/mol. The number of carbonyl (C=O) groups excluding carboxylic acids is 2. The summed E-state index contributed by atoms with van der Waals surface area (Å²) in [6.07, 6.45) is 3.11. The fourth-order valence-electron chi connectivity index (χ4n) is 4.45. The number of carbonyl (C=O) groups is 2. The fraction of sp³-hybridized carbons (Fsp3) is 0.895. The van der Waals surface area contributed by atoms with Crippen molar-refractivity contribution >= 4 is 12.0 Å². The maximum atomic E-state index is 13.0. The van der Waals surface area contributed by atoms with E-state index in [1.807, 2.05) is 18.7 Å². The van der Waals surface area contributed by atoms with E-state index >= 15 is 0 Å². The van der Waals surface area contributed by atoms with Crippen LogP contribution in [0.2, 0.25) is 0 Å². The van der Waals surface area contributed by atoms with Crippen molar-refractivity contribution in [3.05, 3.63) is 0 Å². The van der Waals surface area contributed by atoms with Crippen molar-refractivity contribution in [2.24, 2.45) is 5.92 Å². The molecule has 2 saturated heterocycles. The van der Waals surface area contributed by atoms with E-state index in [-0.39, 0.29) is 23.5 Å². The smallest absolute Gasteiger partial charge is 0.328 e. The number of piperidine rings is 1. The Labute approximate surface area is 158 Å². The fourth-order valence-corrected chi connectivity index (χ4v) is 4.45. The molecule has 2 fully saturated rings. The van der Waals surface area contributed by atoms with Gasteiger partial charge in [0.2, 0.25) is 0 Å². The van der Waals surface area contributed by atoms with Gasteiger partial charge in [-0.25, -0.2) is 9.59 Å². The Balaban J connectivity index is 2.01. The number of hydrogen-bond acceptors (Lipinski definition) is 5. The lowest BCUT2D eigenvalue weighted by atomic mass is 9.84. The third-order valence-electron chi connectivity index (χ3n) is 5.93. The number of piperazine rings is 1. The number of urea groups is 1. The molecule has 0 aromatic rings. The largest absolute Gasteiger partial charge is 0.467 e. The SMILES string of the molecule is CCCN1CCNCC12CCN(C(=O)N(C)[C@H](C(=O)OC)C(C)C)CC2. The van der Waals surface area contributed by atoms with Crippen molar-refractivity contribution in [3.8, 4) is 0 Å². The van der Waals surface area contributed by atoms with Crippen LogP contribution in [0.25, 0.3) is 0 Å². The molecule has 2 rings (SSSR count). The van der Waals surface area contributed by atoms with Crippen LogP contribution in [0.15, 0.2) is 0 Å². The van der Waals surface area contributed by atoms with E-state index < -0.39 is 6.04 Å². The van der Waals surface area contributed by atoms with Crippen LogP contribution in [-0.4, -0.2) is 91.7 Å². The highest BCUT2D eigenvalue weighted by Crippen LogP contribution is 2.31. The number of amides is 2. The number of nitrogens with one attached hydrogen (secondary N) is 1. The Kier molecular flexibility index (Phi) is 7.29. The summed E-state index contributed by atoms with van der Waals surface area (Å²) in [7, 11) is 3.08. The van der Waals surface area contributed by atoms with Gasteiger partial charge in [-0.2, -0.15) is 0 Å². The maximum Gasteiger partial charge on any atom is 0.328 e. The van der Waals surface area contributed by atoms with Crippen molar-refractivity contribution in [2.75, 3.05) is 53.4 Å². The van der Waals surface area contributed by atoms with Crippen LogP contribution in [-0.2, 0) is 9.53 Å². The lowest BCUT2D eigenvalue weighted by Crippen LogP contribution is -2.66. The standard InChI is InChI=1S/C19H36N4O3/c1-6-10-23-13-9-20-14-19(23)7-11-22(12-8-19)18(25)21(4)16(15(2)3)17(24)26-5/h15-16,20H,6-14H2,1-5H3/t16-/m0/s1. The summed E-state index contributed by atoms with van der Waals surface area (Å²) in [5.74, 6) is -0.343. The first-order valence-electron chi connectivity index (χ1n) is 9.91. The second-order valence-electron chi connectivity index (χ2n) is 7.98. The summed E-state index contributed by atoms with van der Waals surface area (Å²) in [6, 6.07) is -0.619. The van der Waals surface area contributed by atoms with Gasteiger partial charge in [0.15, 0.2) is 0 Å². The number of nitrogens with zero attached hydrogens (tertiary/aromatic N) is 3. The minimum absolute atomic E-state index is 0.00937. The summed E-state index contributed by atoms with van der Waals surface area (Å²) in [5, 5.41) is 3.54. The third kappa shape index (κ3) is 4.31. The lowest BCUT2D eigenvalue weighted by molar-refractivity contribution is -0.147. The van der Waals surface area contributed by atoms with E-state index in [0.717, 1.165) is 58.5 Å².